The van der Waals surface area contributed by atoms with Crippen LogP contribution in [0.3, 0.4) is 0 Å². The monoisotopic (exact) mass is 543 g/mol. The van der Waals surface area contributed by atoms with Crippen LogP contribution in [0, 0.1) is 17.0 Å². The van der Waals surface area contributed by atoms with E-state index in [4.69, 9.17) is 16.3 Å². The van der Waals surface area contributed by atoms with Gasteiger partial charge in [-0.15, -0.1) is 0 Å². The van der Waals surface area contributed by atoms with E-state index in [-0.39, 0.29) is 16.9 Å². The topological polar surface area (TPSA) is 111 Å². The zero-order chi connectivity index (χ0) is 24.8. The van der Waals surface area contributed by atoms with Crippen molar-refractivity contribution < 1.29 is 19.2 Å². The summed E-state index contributed by atoms with van der Waals surface area (Å²) in [7, 11) is 1.43. The number of carbonyl (C=O) groups excluding carboxylic acids is 2. The quantitative estimate of drug-likeness (QED) is 0.224. The minimum atomic E-state index is -0.626. The van der Waals surface area contributed by atoms with Gasteiger partial charge >= 0.3 is 0 Å². The molecule has 0 radical (unpaired) electrons. The number of ether oxygens (including phenoxy) is 1. The largest absolute Gasteiger partial charge is 0.496 e. The molecule has 0 atom stereocenters. The number of methoxy groups -OCH3 is 1. The zero-order valence-corrected chi connectivity index (χ0v) is 20.4. The lowest BCUT2D eigenvalue weighted by molar-refractivity contribution is -0.384. The molecule has 10 heteroatoms. The van der Waals surface area contributed by atoms with Gasteiger partial charge in [-0.1, -0.05) is 39.7 Å². The fourth-order valence-corrected chi connectivity index (χ4v) is 3.65. The molecule has 34 heavy (non-hydrogen) atoms. The minimum Gasteiger partial charge on any atom is -0.496 e. The number of rotatable bonds is 7. The van der Waals surface area contributed by atoms with E-state index >= 15 is 0 Å². The molecule has 3 rings (SSSR count). The number of benzene rings is 3. The van der Waals surface area contributed by atoms with Crippen molar-refractivity contribution in [3.63, 3.8) is 0 Å². The summed E-state index contributed by atoms with van der Waals surface area (Å²) < 4.78 is 5.90. The molecule has 0 unspecified atom stereocenters. The Morgan fingerprint density at radius 2 is 1.88 bits per heavy atom. The summed E-state index contributed by atoms with van der Waals surface area (Å²) in [6.45, 7) is 1.77. The first kappa shape index (κ1) is 24.9. The Kier molecular flexibility index (Phi) is 8.04. The number of aryl methyl sites for hydroxylation is 1. The molecule has 8 nitrogen and oxygen atoms in total. The standard InChI is InChI=1S/C24H19BrClN3O5/c1-14-10-17(26)7-8-20(14)27-24(31)21(12-15-4-3-5-18(11-15)29(32)33)28-23(30)19-13-16(25)6-9-22(19)34-2/h3-13H,1-2H3,(H,27,31)(H,28,30)/b21-12-. The second-order valence-electron chi connectivity index (χ2n) is 7.12. The van der Waals surface area contributed by atoms with Crippen molar-refractivity contribution in [2.45, 2.75) is 6.92 Å². The maximum absolute atomic E-state index is 13.2. The molecule has 0 aliphatic heterocycles. The predicted octanol–water partition coefficient (Wildman–Crippen LogP) is 5.74. The highest BCUT2D eigenvalue weighted by molar-refractivity contribution is 9.10. The summed E-state index contributed by atoms with van der Waals surface area (Å²) in [5, 5.41) is 17.0. The predicted molar refractivity (Wildman–Crippen MR) is 134 cm³/mol. The first-order valence-corrected chi connectivity index (χ1v) is 11.0. The maximum atomic E-state index is 13.2. The lowest BCUT2D eigenvalue weighted by atomic mass is 10.1. The summed E-state index contributed by atoms with van der Waals surface area (Å²) in [4.78, 5) is 36.8. The molecule has 0 aliphatic carbocycles. The molecular weight excluding hydrogens is 526 g/mol. The minimum absolute atomic E-state index is 0.123. The molecule has 2 N–H and O–H groups in total. The van der Waals surface area contributed by atoms with Crippen molar-refractivity contribution in [2.24, 2.45) is 0 Å². The van der Waals surface area contributed by atoms with Crippen LogP contribution in [0.2, 0.25) is 5.02 Å². The number of amides is 2. The number of nitrogens with one attached hydrogen (secondary N) is 2. The molecule has 3 aromatic rings. The van der Waals surface area contributed by atoms with Crippen LogP contribution >= 0.6 is 27.5 Å². The second-order valence-corrected chi connectivity index (χ2v) is 8.47. The van der Waals surface area contributed by atoms with Crippen molar-refractivity contribution >= 4 is 56.8 Å². The van der Waals surface area contributed by atoms with E-state index in [1.165, 1.54) is 31.4 Å². The van der Waals surface area contributed by atoms with Gasteiger partial charge in [0.05, 0.1) is 17.6 Å². The Bertz CT molecular complexity index is 1310. The van der Waals surface area contributed by atoms with Crippen molar-refractivity contribution in [3.05, 3.63) is 103 Å². The molecular formula is C24H19BrClN3O5. The number of non-ortho nitro benzene ring substituents is 1. The summed E-state index contributed by atoms with van der Waals surface area (Å²) in [6.07, 6.45) is 1.36. The molecule has 0 spiro atoms. The second kappa shape index (κ2) is 11.0. The molecule has 0 fully saturated rings. The van der Waals surface area contributed by atoms with Crippen LogP contribution in [-0.4, -0.2) is 23.8 Å². The molecule has 0 bridgehead atoms. The smallest absolute Gasteiger partial charge is 0.272 e. The summed E-state index contributed by atoms with van der Waals surface area (Å²) in [5.41, 5.74) is 1.49. The first-order chi connectivity index (χ1) is 16.2. The van der Waals surface area contributed by atoms with Crippen LogP contribution in [0.25, 0.3) is 6.08 Å². The molecule has 0 aromatic heterocycles. The molecule has 3 aromatic carbocycles. The number of anilines is 1. The molecule has 0 aliphatic rings. The van der Waals surface area contributed by atoms with Crippen LogP contribution in [0.5, 0.6) is 5.75 Å². The van der Waals surface area contributed by atoms with Gasteiger partial charge < -0.3 is 15.4 Å². The van der Waals surface area contributed by atoms with Gasteiger partial charge in [0.2, 0.25) is 0 Å². The average Bonchev–Trinajstić information content (AvgIpc) is 2.80. The van der Waals surface area contributed by atoms with Crippen molar-refractivity contribution in [1.29, 1.82) is 0 Å². The van der Waals surface area contributed by atoms with Gasteiger partial charge in [0.1, 0.15) is 11.4 Å². The number of hydrogen-bond donors (Lipinski definition) is 2. The van der Waals surface area contributed by atoms with Crippen LogP contribution in [0.4, 0.5) is 11.4 Å². The van der Waals surface area contributed by atoms with Crippen LogP contribution in [0.15, 0.2) is 70.8 Å². The third-order valence-electron chi connectivity index (χ3n) is 4.73. The Morgan fingerprint density at radius 3 is 2.56 bits per heavy atom. The highest BCUT2D eigenvalue weighted by Gasteiger charge is 2.19. The Hall–Kier alpha value is -3.69. The number of carbonyl (C=O) groups is 2. The third kappa shape index (κ3) is 6.21. The molecule has 0 heterocycles. The van der Waals surface area contributed by atoms with E-state index in [2.05, 4.69) is 26.6 Å². The van der Waals surface area contributed by atoms with Crippen LogP contribution in [-0.2, 0) is 4.79 Å². The van der Waals surface area contributed by atoms with E-state index in [1.54, 1.807) is 49.4 Å². The van der Waals surface area contributed by atoms with E-state index in [0.29, 0.717) is 26.5 Å². The van der Waals surface area contributed by atoms with E-state index in [0.717, 1.165) is 5.56 Å². The lowest BCUT2D eigenvalue weighted by Gasteiger charge is -2.14. The lowest BCUT2D eigenvalue weighted by Crippen LogP contribution is -2.31. The molecule has 0 saturated heterocycles. The van der Waals surface area contributed by atoms with Gasteiger partial charge in [-0.25, -0.2) is 0 Å². The third-order valence-corrected chi connectivity index (χ3v) is 5.46. The number of nitro groups is 1. The van der Waals surface area contributed by atoms with Crippen LogP contribution in [0.1, 0.15) is 21.5 Å². The van der Waals surface area contributed by atoms with E-state index in [1.807, 2.05) is 0 Å². The van der Waals surface area contributed by atoms with Gasteiger partial charge in [-0.05, 0) is 60.5 Å². The highest BCUT2D eigenvalue weighted by atomic mass is 79.9. The van der Waals surface area contributed by atoms with Crippen molar-refractivity contribution in [2.75, 3.05) is 12.4 Å². The SMILES string of the molecule is COc1ccc(Br)cc1C(=O)N/C(=C\c1cccc([N+](=O)[O-])c1)C(=O)Nc1ccc(Cl)cc1C. The number of halogens is 2. The fourth-order valence-electron chi connectivity index (χ4n) is 3.06. The van der Waals surface area contributed by atoms with Gasteiger partial charge in [-0.3, -0.25) is 19.7 Å². The average molecular weight is 545 g/mol. The van der Waals surface area contributed by atoms with Gasteiger partial charge in [0.25, 0.3) is 17.5 Å². The Morgan fingerprint density at radius 1 is 1.12 bits per heavy atom. The number of nitrogens with zero attached hydrogens (tertiary/aromatic N) is 1. The zero-order valence-electron chi connectivity index (χ0n) is 18.1. The molecule has 0 saturated carbocycles. The normalized spacial score (nSPS) is 11.0. The summed E-state index contributed by atoms with van der Waals surface area (Å²) in [6, 6.07) is 15.5. The van der Waals surface area contributed by atoms with Crippen molar-refractivity contribution in [1.82, 2.24) is 5.32 Å². The fraction of sp³-hybridized carbons (Fsp3) is 0.0833. The van der Waals surface area contributed by atoms with Gasteiger partial charge in [0, 0.05) is 27.3 Å². The first-order valence-electron chi connectivity index (χ1n) is 9.86. The maximum Gasteiger partial charge on any atom is 0.272 e. The molecule has 174 valence electrons. The Labute approximate surface area is 208 Å². The highest BCUT2D eigenvalue weighted by Crippen LogP contribution is 2.24. The Balaban J connectivity index is 2.00. The van der Waals surface area contributed by atoms with Gasteiger partial charge in [-0.2, -0.15) is 0 Å². The van der Waals surface area contributed by atoms with E-state index < -0.39 is 16.7 Å². The van der Waals surface area contributed by atoms with Gasteiger partial charge in [0.15, 0.2) is 0 Å². The van der Waals surface area contributed by atoms with E-state index in [9.17, 15) is 19.7 Å². The summed E-state index contributed by atoms with van der Waals surface area (Å²) in [5.74, 6) is -0.915. The van der Waals surface area contributed by atoms with Crippen molar-refractivity contribution in [3.8, 4) is 5.75 Å². The van der Waals surface area contributed by atoms with Crippen LogP contribution < -0.4 is 15.4 Å². The number of hydrogen-bond acceptors (Lipinski definition) is 5. The summed E-state index contributed by atoms with van der Waals surface area (Å²) >= 11 is 9.31. The molecule has 2 amide bonds. The number of nitro benzene ring substituents is 1.